The van der Waals surface area contributed by atoms with Gasteiger partial charge in [0.1, 0.15) is 6.10 Å². The van der Waals surface area contributed by atoms with Gasteiger partial charge in [-0.1, -0.05) is 63.2 Å². The highest BCUT2D eigenvalue weighted by atomic mass is 16.5. The fourth-order valence-corrected chi connectivity index (χ4v) is 5.07. The monoisotopic (exact) mass is 420 g/mol. The summed E-state index contributed by atoms with van der Waals surface area (Å²) in [6.07, 6.45) is 18.7. The Bertz CT molecular complexity index is 748. The van der Waals surface area contributed by atoms with Crippen molar-refractivity contribution in [3.63, 3.8) is 0 Å². The van der Waals surface area contributed by atoms with Gasteiger partial charge in [0.15, 0.2) is 0 Å². The van der Waals surface area contributed by atoms with Crippen molar-refractivity contribution in [2.24, 2.45) is 17.8 Å². The summed E-state index contributed by atoms with van der Waals surface area (Å²) in [7, 11) is 0. The Labute approximate surface area is 189 Å². The number of esters is 1. The van der Waals surface area contributed by atoms with Crippen LogP contribution < -0.4 is 0 Å². The predicted octanol–water partition coefficient (Wildman–Crippen LogP) is 7.52. The Balaban J connectivity index is 1.36. The molecule has 1 aromatic carbocycles. The second-order valence-corrected chi connectivity index (χ2v) is 9.54. The van der Waals surface area contributed by atoms with Gasteiger partial charge in [-0.05, 0) is 93.4 Å². The van der Waals surface area contributed by atoms with Crippen LogP contribution in [0, 0.1) is 29.6 Å². The van der Waals surface area contributed by atoms with E-state index in [4.69, 9.17) is 4.74 Å². The molecule has 0 heterocycles. The van der Waals surface area contributed by atoms with Crippen LogP contribution in [0.4, 0.5) is 0 Å². The predicted molar refractivity (Wildman–Crippen MR) is 129 cm³/mol. The second kappa shape index (κ2) is 12.7. The number of aryl methyl sites for hydroxylation is 1. The van der Waals surface area contributed by atoms with Crippen LogP contribution in [0.15, 0.2) is 36.4 Å². The van der Waals surface area contributed by atoms with Gasteiger partial charge in [0.05, 0.1) is 5.56 Å². The Morgan fingerprint density at radius 3 is 2.32 bits per heavy atom. The van der Waals surface area contributed by atoms with E-state index in [2.05, 4.69) is 37.8 Å². The van der Waals surface area contributed by atoms with E-state index in [0.29, 0.717) is 11.5 Å². The molecule has 0 aliphatic heterocycles. The first kappa shape index (κ1) is 23.6. The summed E-state index contributed by atoms with van der Waals surface area (Å²) in [5.41, 5.74) is 1.94. The van der Waals surface area contributed by atoms with E-state index in [-0.39, 0.29) is 12.1 Å². The lowest BCUT2D eigenvalue weighted by molar-refractivity contribution is 0.0188. The fourth-order valence-electron chi connectivity index (χ4n) is 5.07. The molecular formula is C29H40O2. The summed E-state index contributed by atoms with van der Waals surface area (Å²) in [5.74, 6) is 8.68. The Kier molecular flexibility index (Phi) is 9.73. The highest BCUT2D eigenvalue weighted by Gasteiger charge is 2.23. The topological polar surface area (TPSA) is 26.3 Å². The summed E-state index contributed by atoms with van der Waals surface area (Å²) in [6, 6.07) is 7.87. The molecule has 0 radical (unpaired) electrons. The normalized spacial score (nSPS) is 26.3. The molecule has 2 fully saturated rings. The lowest BCUT2D eigenvalue weighted by atomic mass is 9.80. The maximum atomic E-state index is 12.4. The molecule has 2 aliphatic carbocycles. The summed E-state index contributed by atoms with van der Waals surface area (Å²) in [6.45, 7) is 4.46. The molecule has 2 aliphatic rings. The Morgan fingerprint density at radius 2 is 1.68 bits per heavy atom. The van der Waals surface area contributed by atoms with E-state index in [0.717, 1.165) is 50.4 Å². The molecule has 31 heavy (non-hydrogen) atoms. The van der Waals surface area contributed by atoms with Gasteiger partial charge in [-0.15, -0.1) is 0 Å². The molecule has 0 atom stereocenters. The standard InChI is InChI=1S/C29H40O2/c1-3-7-23-11-13-25(14-12-23)9-5-6-10-26-17-21-28(22-18-26)31-29(30)27-19-15-24(8-4-2)16-20-27/h5,9,15-16,19-20,23,25-26,28H,3-4,7-8,11-14,17-18,21-22H2,1-2H3/b9-5+. The third-order valence-corrected chi connectivity index (χ3v) is 7.00. The number of benzene rings is 1. The first-order valence-corrected chi connectivity index (χ1v) is 12.7. The van der Waals surface area contributed by atoms with Crippen molar-refractivity contribution in [2.45, 2.75) is 97.0 Å². The Morgan fingerprint density at radius 1 is 0.968 bits per heavy atom. The van der Waals surface area contributed by atoms with E-state index in [1.54, 1.807) is 0 Å². The molecule has 0 spiro atoms. The second-order valence-electron chi connectivity index (χ2n) is 9.54. The average Bonchev–Trinajstić information content (AvgIpc) is 2.80. The van der Waals surface area contributed by atoms with Crippen LogP contribution in [0.25, 0.3) is 0 Å². The first-order chi connectivity index (χ1) is 15.2. The van der Waals surface area contributed by atoms with Crippen molar-refractivity contribution in [3.8, 4) is 11.8 Å². The van der Waals surface area contributed by atoms with Crippen molar-refractivity contribution in [2.75, 3.05) is 0 Å². The third kappa shape index (κ3) is 7.88. The maximum Gasteiger partial charge on any atom is 0.338 e. The molecule has 2 heteroatoms. The molecular weight excluding hydrogens is 380 g/mol. The van der Waals surface area contributed by atoms with E-state index >= 15 is 0 Å². The van der Waals surface area contributed by atoms with Crippen molar-refractivity contribution in [1.29, 1.82) is 0 Å². The number of carbonyl (C=O) groups excluding carboxylic acids is 1. The molecule has 2 nitrogen and oxygen atoms in total. The molecule has 0 N–H and O–H groups in total. The molecule has 0 saturated heterocycles. The lowest BCUT2D eigenvalue weighted by Crippen LogP contribution is -2.24. The largest absolute Gasteiger partial charge is 0.459 e. The van der Waals surface area contributed by atoms with Crippen LogP contribution >= 0.6 is 0 Å². The zero-order chi connectivity index (χ0) is 21.9. The van der Waals surface area contributed by atoms with Gasteiger partial charge >= 0.3 is 5.97 Å². The van der Waals surface area contributed by atoms with Crippen LogP contribution in [0.5, 0.6) is 0 Å². The highest BCUT2D eigenvalue weighted by Crippen LogP contribution is 2.32. The number of hydrogen-bond donors (Lipinski definition) is 0. The van der Waals surface area contributed by atoms with Crippen LogP contribution in [0.3, 0.4) is 0 Å². The molecule has 1 aromatic rings. The van der Waals surface area contributed by atoms with Gasteiger partial charge in [-0.25, -0.2) is 4.79 Å². The van der Waals surface area contributed by atoms with Crippen molar-refractivity contribution in [1.82, 2.24) is 0 Å². The van der Waals surface area contributed by atoms with Crippen molar-refractivity contribution >= 4 is 5.97 Å². The molecule has 168 valence electrons. The van der Waals surface area contributed by atoms with Gasteiger partial charge in [0.25, 0.3) is 0 Å². The molecule has 0 unspecified atom stereocenters. The molecule has 0 amide bonds. The first-order valence-electron chi connectivity index (χ1n) is 12.7. The zero-order valence-corrected chi connectivity index (χ0v) is 19.6. The van der Waals surface area contributed by atoms with Crippen LogP contribution in [0.1, 0.15) is 100 Å². The molecule has 3 rings (SSSR count). The zero-order valence-electron chi connectivity index (χ0n) is 19.6. The Hall–Kier alpha value is -2.01. The SMILES string of the molecule is CCCc1ccc(C(=O)OC2CCC(C#C/C=C/C3CCC(CCC)CC3)CC2)cc1. The van der Waals surface area contributed by atoms with Crippen LogP contribution in [0.2, 0.25) is 0 Å². The van der Waals surface area contributed by atoms with Gasteiger partial charge < -0.3 is 4.74 Å². The van der Waals surface area contributed by atoms with E-state index < -0.39 is 0 Å². The molecule has 0 bridgehead atoms. The number of ether oxygens (including phenoxy) is 1. The van der Waals surface area contributed by atoms with Crippen molar-refractivity contribution in [3.05, 3.63) is 47.5 Å². The average molecular weight is 421 g/mol. The smallest absolute Gasteiger partial charge is 0.338 e. The van der Waals surface area contributed by atoms with E-state index in [9.17, 15) is 4.79 Å². The summed E-state index contributed by atoms with van der Waals surface area (Å²) >= 11 is 0. The fraction of sp³-hybridized carbons (Fsp3) is 0.621. The number of carbonyl (C=O) groups is 1. The highest BCUT2D eigenvalue weighted by molar-refractivity contribution is 5.89. The lowest BCUT2D eigenvalue weighted by Gasteiger charge is -2.26. The van der Waals surface area contributed by atoms with E-state index in [1.807, 2.05) is 24.3 Å². The number of hydrogen-bond acceptors (Lipinski definition) is 2. The summed E-state index contributed by atoms with van der Waals surface area (Å²) in [5, 5.41) is 0. The minimum atomic E-state index is -0.186. The van der Waals surface area contributed by atoms with E-state index in [1.165, 1.54) is 44.1 Å². The third-order valence-electron chi connectivity index (χ3n) is 7.00. The molecule has 2 saturated carbocycles. The molecule has 0 aromatic heterocycles. The van der Waals surface area contributed by atoms with Gasteiger partial charge in [-0.2, -0.15) is 0 Å². The van der Waals surface area contributed by atoms with Gasteiger partial charge in [0.2, 0.25) is 0 Å². The minimum absolute atomic E-state index is 0.0368. The van der Waals surface area contributed by atoms with Crippen LogP contribution in [-0.4, -0.2) is 12.1 Å². The van der Waals surface area contributed by atoms with Crippen molar-refractivity contribution < 1.29 is 9.53 Å². The van der Waals surface area contributed by atoms with Gasteiger partial charge in [-0.3, -0.25) is 0 Å². The summed E-state index contributed by atoms with van der Waals surface area (Å²) < 4.78 is 5.76. The number of allylic oxidation sites excluding steroid dienone is 2. The minimum Gasteiger partial charge on any atom is -0.459 e. The maximum absolute atomic E-state index is 12.4. The quantitative estimate of drug-likeness (QED) is 0.337. The number of rotatable bonds is 7. The van der Waals surface area contributed by atoms with Crippen LogP contribution in [-0.2, 0) is 11.2 Å². The van der Waals surface area contributed by atoms with Gasteiger partial charge in [0, 0.05) is 5.92 Å². The summed E-state index contributed by atoms with van der Waals surface area (Å²) in [4.78, 5) is 12.4.